The Morgan fingerprint density at radius 1 is 0.521 bits per heavy atom. The van der Waals surface area contributed by atoms with Gasteiger partial charge in [0.1, 0.15) is 0 Å². The third-order valence-corrected chi connectivity index (χ3v) is 11.6. The molecule has 0 aromatic heterocycles. The van der Waals surface area contributed by atoms with Gasteiger partial charge < -0.3 is 5.73 Å². The molecule has 8 rings (SSSR count). The highest BCUT2D eigenvalue weighted by molar-refractivity contribution is 14.1. The standard InChI is InChI=1S/C22H19Br.C15H13I.C6H6BrN.CH4/c1-22(2)19-9-5-4-8-17(19)18-12-11-15(14-20(18)22)13-16-7-3-6-10-21(16)23;1-15(2)13-6-4-3-5-11(13)12-8-7-10(16)9-14(12)15;7-5-3-1-2-4-6(5)8;/h3-12,14H,13H2,1-2H3;3-9H,1-2H3;1-4H,8H2;1H4. The summed E-state index contributed by atoms with van der Waals surface area (Å²) in [5.74, 6) is 0. The molecule has 0 atom stereocenters. The normalized spacial score (nSPS) is 13.6. The van der Waals surface area contributed by atoms with Crippen LogP contribution in [-0.2, 0) is 17.3 Å². The van der Waals surface area contributed by atoms with Crippen molar-refractivity contribution < 1.29 is 0 Å². The summed E-state index contributed by atoms with van der Waals surface area (Å²) in [6, 6.07) is 47.4. The summed E-state index contributed by atoms with van der Waals surface area (Å²) < 4.78 is 3.46. The van der Waals surface area contributed by atoms with Gasteiger partial charge in [-0.25, -0.2) is 0 Å². The lowest BCUT2D eigenvalue weighted by molar-refractivity contribution is 0.659. The molecule has 0 heterocycles. The Morgan fingerprint density at radius 2 is 0.979 bits per heavy atom. The Labute approximate surface area is 317 Å². The fourth-order valence-electron chi connectivity index (χ4n) is 6.87. The summed E-state index contributed by atoms with van der Waals surface area (Å²) in [7, 11) is 0. The van der Waals surface area contributed by atoms with E-state index in [1.165, 1.54) is 63.7 Å². The number of hydrogen-bond donors (Lipinski definition) is 1. The van der Waals surface area contributed by atoms with Gasteiger partial charge in [0.25, 0.3) is 0 Å². The SMILES string of the molecule is C.CC1(C)c2ccccc2-c2ccc(Cc3ccccc3Br)cc21.CC1(C)c2ccccc2-c2ccc(I)cc21.Nc1ccccc1Br. The second kappa shape index (κ2) is 14.7. The lowest BCUT2D eigenvalue weighted by Gasteiger charge is -2.22. The van der Waals surface area contributed by atoms with E-state index in [-0.39, 0.29) is 18.3 Å². The molecule has 2 aliphatic carbocycles. The first-order chi connectivity index (χ1) is 22.5. The first-order valence-corrected chi connectivity index (χ1v) is 18.5. The van der Waals surface area contributed by atoms with Crippen LogP contribution in [0.25, 0.3) is 22.3 Å². The van der Waals surface area contributed by atoms with Crippen LogP contribution in [-0.4, -0.2) is 0 Å². The van der Waals surface area contributed by atoms with Crippen molar-refractivity contribution in [3.8, 4) is 22.3 Å². The molecule has 2 aliphatic rings. The van der Waals surface area contributed by atoms with E-state index in [1.807, 2.05) is 24.3 Å². The highest BCUT2D eigenvalue weighted by Gasteiger charge is 2.36. The molecule has 0 radical (unpaired) electrons. The smallest absolute Gasteiger partial charge is 0.0458 e. The Bertz CT molecular complexity index is 2060. The van der Waals surface area contributed by atoms with Gasteiger partial charge in [0.2, 0.25) is 0 Å². The van der Waals surface area contributed by atoms with Gasteiger partial charge >= 0.3 is 0 Å². The zero-order valence-electron chi connectivity index (χ0n) is 27.1. The van der Waals surface area contributed by atoms with E-state index in [9.17, 15) is 0 Å². The fraction of sp³-hybridized carbons (Fsp3) is 0.182. The van der Waals surface area contributed by atoms with Crippen molar-refractivity contribution in [3.05, 3.63) is 179 Å². The second-order valence-corrected chi connectivity index (χ2v) is 16.2. The van der Waals surface area contributed by atoms with Crippen molar-refractivity contribution in [2.24, 2.45) is 0 Å². The van der Waals surface area contributed by atoms with E-state index in [0.717, 1.165) is 16.6 Å². The molecule has 1 nitrogen and oxygen atoms in total. The van der Waals surface area contributed by atoms with Gasteiger partial charge in [-0.05, 0) is 131 Å². The van der Waals surface area contributed by atoms with Crippen LogP contribution in [0.5, 0.6) is 0 Å². The van der Waals surface area contributed by atoms with Crippen LogP contribution < -0.4 is 5.73 Å². The fourth-order valence-corrected chi connectivity index (χ4v) is 8.08. The minimum absolute atomic E-state index is 0. The van der Waals surface area contributed by atoms with E-state index in [2.05, 4.69) is 191 Å². The number of halogens is 3. The van der Waals surface area contributed by atoms with Crippen LogP contribution in [0, 0.1) is 3.57 Å². The number of fused-ring (bicyclic) bond motifs is 6. The van der Waals surface area contributed by atoms with Crippen LogP contribution in [0.3, 0.4) is 0 Å². The lowest BCUT2D eigenvalue weighted by Crippen LogP contribution is -2.15. The van der Waals surface area contributed by atoms with E-state index < -0.39 is 0 Å². The predicted octanol–water partition coefficient (Wildman–Crippen LogP) is 13.6. The molecule has 0 fully saturated rings. The van der Waals surface area contributed by atoms with Crippen molar-refractivity contribution in [1.82, 2.24) is 0 Å². The Balaban J connectivity index is 0.000000156. The molecule has 0 amide bonds. The maximum absolute atomic E-state index is 5.47. The van der Waals surface area contributed by atoms with Crippen LogP contribution in [0.1, 0.15) is 68.5 Å². The highest BCUT2D eigenvalue weighted by Crippen LogP contribution is 2.50. The number of nitrogens with two attached hydrogens (primary N) is 1. The maximum Gasteiger partial charge on any atom is 0.0458 e. The largest absolute Gasteiger partial charge is 0.398 e. The Kier molecular flexibility index (Phi) is 11.1. The van der Waals surface area contributed by atoms with Gasteiger partial charge in [0.15, 0.2) is 0 Å². The molecule has 0 aliphatic heterocycles. The van der Waals surface area contributed by atoms with Crippen molar-refractivity contribution in [2.45, 2.75) is 52.4 Å². The summed E-state index contributed by atoms with van der Waals surface area (Å²) in [5.41, 5.74) is 20.6. The molecule has 4 heteroatoms. The molecule has 2 N–H and O–H groups in total. The van der Waals surface area contributed by atoms with Gasteiger partial charge in [-0.1, -0.05) is 154 Å². The summed E-state index contributed by atoms with van der Waals surface area (Å²) in [4.78, 5) is 0. The molecule has 6 aromatic rings. The van der Waals surface area contributed by atoms with Crippen molar-refractivity contribution in [3.63, 3.8) is 0 Å². The van der Waals surface area contributed by atoms with Crippen LogP contribution in [0.2, 0.25) is 0 Å². The number of anilines is 1. The molecule has 0 saturated heterocycles. The van der Waals surface area contributed by atoms with Gasteiger partial charge in [-0.3, -0.25) is 0 Å². The monoisotopic (exact) mass is 869 g/mol. The molecule has 6 aromatic carbocycles. The molecule has 244 valence electrons. The summed E-state index contributed by atoms with van der Waals surface area (Å²) in [6.07, 6.45) is 0.959. The number of rotatable bonds is 2. The third kappa shape index (κ3) is 7.08. The van der Waals surface area contributed by atoms with Gasteiger partial charge in [0, 0.05) is 29.0 Å². The van der Waals surface area contributed by atoms with E-state index >= 15 is 0 Å². The predicted molar refractivity (Wildman–Crippen MR) is 223 cm³/mol. The molecular weight excluding hydrogens is 829 g/mol. The van der Waals surface area contributed by atoms with Gasteiger partial charge in [-0.2, -0.15) is 0 Å². The van der Waals surface area contributed by atoms with Gasteiger partial charge in [-0.15, -0.1) is 0 Å². The molecule has 0 spiro atoms. The van der Waals surface area contributed by atoms with E-state index in [1.54, 1.807) is 0 Å². The quantitative estimate of drug-likeness (QED) is 0.136. The molecule has 0 saturated carbocycles. The van der Waals surface area contributed by atoms with Crippen molar-refractivity contribution >= 4 is 60.1 Å². The summed E-state index contributed by atoms with van der Waals surface area (Å²) in [6.45, 7) is 9.29. The number of para-hydroxylation sites is 1. The molecule has 0 unspecified atom stereocenters. The summed E-state index contributed by atoms with van der Waals surface area (Å²) in [5, 5.41) is 0. The average molecular weight is 872 g/mol. The summed E-state index contributed by atoms with van der Waals surface area (Å²) >= 11 is 9.32. The average Bonchev–Trinajstić information content (AvgIpc) is 3.43. The number of benzene rings is 6. The third-order valence-electron chi connectivity index (χ3n) is 9.45. The van der Waals surface area contributed by atoms with E-state index in [0.29, 0.717) is 0 Å². The number of hydrogen-bond acceptors (Lipinski definition) is 1. The first-order valence-electron chi connectivity index (χ1n) is 15.8. The molecular formula is C44H42Br2IN. The lowest BCUT2D eigenvalue weighted by atomic mass is 9.81. The second-order valence-electron chi connectivity index (χ2n) is 13.2. The molecule has 48 heavy (non-hydrogen) atoms. The maximum atomic E-state index is 5.47. The topological polar surface area (TPSA) is 26.0 Å². The van der Waals surface area contributed by atoms with Crippen LogP contribution >= 0.6 is 54.5 Å². The zero-order chi connectivity index (χ0) is 33.3. The van der Waals surface area contributed by atoms with Crippen molar-refractivity contribution in [1.29, 1.82) is 0 Å². The highest BCUT2D eigenvalue weighted by atomic mass is 127. The zero-order valence-corrected chi connectivity index (χ0v) is 32.4. The van der Waals surface area contributed by atoms with E-state index in [4.69, 9.17) is 5.73 Å². The first kappa shape index (κ1) is 36.1. The molecule has 0 bridgehead atoms. The van der Waals surface area contributed by atoms with Gasteiger partial charge in [0.05, 0.1) is 0 Å². The Hall–Kier alpha value is -3.19. The minimum Gasteiger partial charge on any atom is -0.398 e. The number of nitrogen functional groups attached to an aromatic ring is 1. The Morgan fingerprint density at radius 3 is 1.52 bits per heavy atom. The minimum atomic E-state index is 0. The van der Waals surface area contributed by atoms with Crippen LogP contribution in [0.4, 0.5) is 5.69 Å². The van der Waals surface area contributed by atoms with Crippen LogP contribution in [0.15, 0.2) is 142 Å². The van der Waals surface area contributed by atoms with Crippen molar-refractivity contribution in [2.75, 3.05) is 5.73 Å².